The second kappa shape index (κ2) is 4.17. The maximum absolute atomic E-state index is 4.02. The lowest BCUT2D eigenvalue weighted by molar-refractivity contribution is 0.124. The lowest BCUT2D eigenvalue weighted by Crippen LogP contribution is -2.40. The van der Waals surface area contributed by atoms with Crippen LogP contribution in [0.1, 0.15) is 34.1 Å². The molecule has 1 nitrogen and oxygen atoms in total. The first-order chi connectivity index (χ1) is 6.02. The summed E-state index contributed by atoms with van der Waals surface area (Å²) in [6.45, 7) is 15.6. The van der Waals surface area contributed by atoms with Crippen LogP contribution in [0.25, 0.3) is 0 Å². The minimum absolute atomic E-state index is 0.803. The number of likely N-dealkylation sites (tertiary alicyclic amines) is 1. The minimum Gasteiger partial charge on any atom is -0.375 e. The number of piperidine rings is 1. The normalized spacial score (nSPS) is 29.5. The van der Waals surface area contributed by atoms with Crippen molar-refractivity contribution in [3.63, 3.8) is 0 Å². The molecule has 0 unspecified atom stereocenters. The Labute approximate surface area is 82.8 Å². The molecule has 0 radical (unpaired) electrons. The smallest absolute Gasteiger partial charge is 0.0208 e. The van der Waals surface area contributed by atoms with Crippen molar-refractivity contribution < 1.29 is 0 Å². The van der Waals surface area contributed by atoms with Crippen LogP contribution >= 0.6 is 0 Å². The summed E-state index contributed by atoms with van der Waals surface area (Å²) in [6, 6.07) is 0. The van der Waals surface area contributed by atoms with Crippen molar-refractivity contribution in [3.8, 4) is 0 Å². The maximum atomic E-state index is 4.02. The molecule has 1 heterocycles. The Bertz CT molecular complexity index is 184. The first kappa shape index (κ1) is 10.6. The molecule has 1 heteroatoms. The SMILES string of the molecule is C=C(C)N1CC[C@@H](C)[C@@H](C(C)C)C1. The summed E-state index contributed by atoms with van der Waals surface area (Å²) >= 11 is 0. The molecule has 2 atom stereocenters. The van der Waals surface area contributed by atoms with Crippen LogP contribution in [0.4, 0.5) is 0 Å². The number of hydrogen-bond donors (Lipinski definition) is 0. The summed E-state index contributed by atoms with van der Waals surface area (Å²) in [5, 5.41) is 0. The summed E-state index contributed by atoms with van der Waals surface area (Å²) in [5.74, 6) is 2.54. The third-order valence-electron chi connectivity index (χ3n) is 3.41. The molecule has 76 valence electrons. The lowest BCUT2D eigenvalue weighted by Gasteiger charge is -2.40. The molecule has 1 saturated heterocycles. The van der Waals surface area contributed by atoms with E-state index in [9.17, 15) is 0 Å². The van der Waals surface area contributed by atoms with Gasteiger partial charge in [0, 0.05) is 18.8 Å². The van der Waals surface area contributed by atoms with Crippen molar-refractivity contribution in [3.05, 3.63) is 12.3 Å². The fraction of sp³-hybridized carbons (Fsp3) is 0.833. The van der Waals surface area contributed by atoms with E-state index < -0.39 is 0 Å². The standard InChI is InChI=1S/C12H23N/c1-9(2)12-8-13(10(3)4)7-6-11(12)5/h9,11-12H,3,6-8H2,1-2,4-5H3/t11-,12-/m1/s1. The van der Waals surface area contributed by atoms with Crippen LogP contribution in [0.2, 0.25) is 0 Å². The maximum Gasteiger partial charge on any atom is 0.0208 e. The Morgan fingerprint density at radius 2 is 2.08 bits per heavy atom. The molecule has 1 aliphatic rings. The summed E-state index contributed by atoms with van der Waals surface area (Å²) in [7, 11) is 0. The highest BCUT2D eigenvalue weighted by Gasteiger charge is 2.27. The predicted octanol–water partition coefficient (Wildman–Crippen LogP) is 3.13. The van der Waals surface area contributed by atoms with E-state index in [-0.39, 0.29) is 0 Å². The Balaban J connectivity index is 2.58. The van der Waals surface area contributed by atoms with Gasteiger partial charge in [0.2, 0.25) is 0 Å². The van der Waals surface area contributed by atoms with E-state index in [1.54, 1.807) is 0 Å². The lowest BCUT2D eigenvalue weighted by atomic mass is 9.79. The third kappa shape index (κ3) is 2.49. The number of rotatable bonds is 2. The average molecular weight is 181 g/mol. The molecule has 0 spiro atoms. The summed E-state index contributed by atoms with van der Waals surface area (Å²) in [4.78, 5) is 2.44. The topological polar surface area (TPSA) is 3.24 Å². The van der Waals surface area contributed by atoms with E-state index in [1.807, 2.05) is 0 Å². The predicted molar refractivity (Wildman–Crippen MR) is 58.5 cm³/mol. The molecule has 0 bridgehead atoms. The second-order valence-corrected chi connectivity index (χ2v) is 4.86. The highest BCUT2D eigenvalue weighted by atomic mass is 15.1. The molecular weight excluding hydrogens is 158 g/mol. The van der Waals surface area contributed by atoms with Gasteiger partial charge in [-0.2, -0.15) is 0 Å². The zero-order chi connectivity index (χ0) is 10.0. The zero-order valence-corrected chi connectivity index (χ0v) is 9.51. The molecule has 0 aromatic heterocycles. The molecule has 13 heavy (non-hydrogen) atoms. The number of hydrogen-bond acceptors (Lipinski definition) is 1. The van der Waals surface area contributed by atoms with Crippen LogP contribution in [0.5, 0.6) is 0 Å². The van der Waals surface area contributed by atoms with E-state index in [4.69, 9.17) is 0 Å². The van der Waals surface area contributed by atoms with Gasteiger partial charge >= 0.3 is 0 Å². The molecule has 0 saturated carbocycles. The molecule has 0 amide bonds. The van der Waals surface area contributed by atoms with Gasteiger partial charge in [-0.25, -0.2) is 0 Å². The average Bonchev–Trinajstić information content (AvgIpc) is 2.04. The van der Waals surface area contributed by atoms with Gasteiger partial charge in [0.25, 0.3) is 0 Å². The number of allylic oxidation sites excluding steroid dienone is 1. The molecular formula is C12H23N. The largest absolute Gasteiger partial charge is 0.375 e. The van der Waals surface area contributed by atoms with E-state index in [2.05, 4.69) is 39.2 Å². The van der Waals surface area contributed by atoms with E-state index >= 15 is 0 Å². The highest BCUT2D eigenvalue weighted by molar-refractivity contribution is 4.93. The van der Waals surface area contributed by atoms with Gasteiger partial charge in [-0.1, -0.05) is 27.4 Å². The van der Waals surface area contributed by atoms with Gasteiger partial charge in [0.1, 0.15) is 0 Å². The summed E-state index contributed by atoms with van der Waals surface area (Å²) in [5.41, 5.74) is 1.23. The Hall–Kier alpha value is -0.460. The first-order valence-corrected chi connectivity index (χ1v) is 5.42. The second-order valence-electron chi connectivity index (χ2n) is 4.86. The van der Waals surface area contributed by atoms with Crippen LogP contribution in [-0.2, 0) is 0 Å². The Morgan fingerprint density at radius 1 is 1.46 bits per heavy atom. The van der Waals surface area contributed by atoms with E-state index in [0.29, 0.717) is 0 Å². The molecule has 0 aliphatic carbocycles. The van der Waals surface area contributed by atoms with Crippen LogP contribution in [0, 0.1) is 17.8 Å². The Kier molecular flexibility index (Phi) is 3.40. The Morgan fingerprint density at radius 3 is 2.54 bits per heavy atom. The monoisotopic (exact) mass is 181 g/mol. The zero-order valence-electron chi connectivity index (χ0n) is 9.51. The molecule has 1 aliphatic heterocycles. The van der Waals surface area contributed by atoms with Crippen molar-refractivity contribution in [1.82, 2.24) is 4.90 Å². The van der Waals surface area contributed by atoms with Gasteiger partial charge in [-0.05, 0) is 31.1 Å². The summed E-state index contributed by atoms with van der Waals surface area (Å²) in [6.07, 6.45) is 1.33. The van der Waals surface area contributed by atoms with Crippen molar-refractivity contribution in [2.75, 3.05) is 13.1 Å². The van der Waals surface area contributed by atoms with Gasteiger partial charge in [-0.3, -0.25) is 0 Å². The fourth-order valence-corrected chi connectivity index (χ4v) is 2.31. The van der Waals surface area contributed by atoms with Gasteiger partial charge in [-0.15, -0.1) is 0 Å². The third-order valence-corrected chi connectivity index (χ3v) is 3.41. The molecule has 1 fully saturated rings. The minimum atomic E-state index is 0.803. The number of nitrogens with zero attached hydrogens (tertiary/aromatic N) is 1. The van der Waals surface area contributed by atoms with Crippen LogP contribution in [-0.4, -0.2) is 18.0 Å². The van der Waals surface area contributed by atoms with Crippen molar-refractivity contribution in [1.29, 1.82) is 0 Å². The molecule has 0 aromatic carbocycles. The quantitative estimate of drug-likeness (QED) is 0.632. The van der Waals surface area contributed by atoms with Gasteiger partial charge in [0.15, 0.2) is 0 Å². The van der Waals surface area contributed by atoms with Crippen molar-refractivity contribution >= 4 is 0 Å². The van der Waals surface area contributed by atoms with E-state index in [1.165, 1.54) is 25.2 Å². The van der Waals surface area contributed by atoms with Crippen molar-refractivity contribution in [2.24, 2.45) is 17.8 Å². The van der Waals surface area contributed by atoms with Gasteiger partial charge in [0.05, 0.1) is 0 Å². The van der Waals surface area contributed by atoms with E-state index in [0.717, 1.165) is 17.8 Å². The van der Waals surface area contributed by atoms with Crippen LogP contribution < -0.4 is 0 Å². The van der Waals surface area contributed by atoms with Crippen molar-refractivity contribution in [2.45, 2.75) is 34.1 Å². The summed E-state index contributed by atoms with van der Waals surface area (Å²) < 4.78 is 0. The highest BCUT2D eigenvalue weighted by Crippen LogP contribution is 2.30. The molecule has 0 N–H and O–H groups in total. The molecule has 1 rings (SSSR count). The van der Waals surface area contributed by atoms with Crippen LogP contribution in [0.3, 0.4) is 0 Å². The molecule has 0 aromatic rings. The first-order valence-electron chi connectivity index (χ1n) is 5.42. The fourth-order valence-electron chi connectivity index (χ4n) is 2.31. The van der Waals surface area contributed by atoms with Gasteiger partial charge < -0.3 is 4.90 Å². The van der Waals surface area contributed by atoms with Crippen LogP contribution in [0.15, 0.2) is 12.3 Å².